The lowest BCUT2D eigenvalue weighted by Gasteiger charge is -2.05. The largest absolute Gasteiger partial charge is 0.463 e. The molecule has 0 N–H and O–H groups in total. The highest BCUT2D eigenvalue weighted by Crippen LogP contribution is 2.19. The summed E-state index contributed by atoms with van der Waals surface area (Å²) in [5.74, 6) is 0.711. The molecule has 1 aromatic carbocycles. The predicted molar refractivity (Wildman–Crippen MR) is 97.3 cm³/mol. The fraction of sp³-hybridized carbons (Fsp3) is 0.222. The van der Waals surface area contributed by atoms with Crippen molar-refractivity contribution in [1.29, 1.82) is 0 Å². The zero-order valence-corrected chi connectivity index (χ0v) is 15.3. The van der Waals surface area contributed by atoms with Crippen LogP contribution in [0.4, 0.5) is 4.39 Å². The van der Waals surface area contributed by atoms with Crippen LogP contribution in [-0.4, -0.2) is 46.6 Å². The molecular formula is C18H17FN8O. The van der Waals surface area contributed by atoms with Crippen molar-refractivity contribution in [3.05, 3.63) is 59.9 Å². The van der Waals surface area contributed by atoms with Gasteiger partial charge in [-0.25, -0.2) is 4.39 Å². The third-order valence-electron chi connectivity index (χ3n) is 4.10. The van der Waals surface area contributed by atoms with Gasteiger partial charge >= 0.3 is 6.01 Å². The number of halogens is 1. The molecule has 4 rings (SSSR count). The number of aryl methyl sites for hydroxylation is 1. The van der Waals surface area contributed by atoms with Crippen LogP contribution in [0.5, 0.6) is 6.01 Å². The van der Waals surface area contributed by atoms with Crippen molar-refractivity contribution < 1.29 is 9.13 Å². The molecule has 4 aromatic rings. The summed E-state index contributed by atoms with van der Waals surface area (Å²) >= 11 is 0. The second-order valence-corrected chi connectivity index (χ2v) is 6.15. The Bertz CT molecular complexity index is 1090. The highest BCUT2D eigenvalue weighted by atomic mass is 19.1. The van der Waals surface area contributed by atoms with Crippen LogP contribution in [0.3, 0.4) is 0 Å². The molecule has 28 heavy (non-hydrogen) atoms. The maximum Gasteiger partial charge on any atom is 0.316 e. The van der Waals surface area contributed by atoms with Crippen molar-refractivity contribution in [2.24, 2.45) is 7.05 Å². The summed E-state index contributed by atoms with van der Waals surface area (Å²) in [6.07, 6.45) is 3.78. The topological polar surface area (TPSA) is 96.4 Å². The molecule has 0 bridgehead atoms. The number of tetrazole rings is 1. The van der Waals surface area contributed by atoms with E-state index in [9.17, 15) is 4.39 Å². The molecule has 0 aliphatic carbocycles. The van der Waals surface area contributed by atoms with Crippen LogP contribution in [0.15, 0.2) is 42.7 Å². The van der Waals surface area contributed by atoms with E-state index >= 15 is 0 Å². The maximum atomic E-state index is 13.9. The van der Waals surface area contributed by atoms with E-state index in [1.165, 1.54) is 10.9 Å². The molecule has 0 saturated heterocycles. The summed E-state index contributed by atoms with van der Waals surface area (Å²) in [4.78, 5) is 5.17. The van der Waals surface area contributed by atoms with Crippen molar-refractivity contribution in [3.8, 4) is 23.1 Å². The first-order chi connectivity index (χ1) is 13.6. The van der Waals surface area contributed by atoms with Gasteiger partial charge in [-0.2, -0.15) is 0 Å². The van der Waals surface area contributed by atoms with Crippen molar-refractivity contribution in [1.82, 2.24) is 40.0 Å². The van der Waals surface area contributed by atoms with E-state index in [1.54, 1.807) is 29.1 Å². The zero-order chi connectivity index (χ0) is 19.5. The second-order valence-electron chi connectivity index (χ2n) is 6.15. The standard InChI is InChI=1S/C18H17FN8O/c1-12-3-4-14(19)15(11-12)27-24-16(21-25-27)7-10-28-18-23-22-17(26(18)2)13-5-8-20-9-6-13/h3-6,8-9,11H,7,10H2,1-2H3. The Hall–Kier alpha value is -3.69. The van der Waals surface area contributed by atoms with E-state index in [2.05, 4.69) is 30.6 Å². The molecule has 10 heteroatoms. The number of benzene rings is 1. The summed E-state index contributed by atoms with van der Waals surface area (Å²) in [6.45, 7) is 2.15. The Morgan fingerprint density at radius 3 is 2.71 bits per heavy atom. The third-order valence-corrected chi connectivity index (χ3v) is 4.10. The van der Waals surface area contributed by atoms with Gasteiger partial charge in [0.1, 0.15) is 5.69 Å². The van der Waals surface area contributed by atoms with E-state index < -0.39 is 5.82 Å². The Balaban J connectivity index is 1.41. The number of nitrogens with zero attached hydrogens (tertiary/aromatic N) is 8. The monoisotopic (exact) mass is 380 g/mol. The molecule has 0 spiro atoms. The fourth-order valence-electron chi connectivity index (χ4n) is 2.65. The summed E-state index contributed by atoms with van der Waals surface area (Å²) in [6, 6.07) is 8.80. The van der Waals surface area contributed by atoms with E-state index in [1.807, 2.05) is 26.1 Å². The van der Waals surface area contributed by atoms with Crippen LogP contribution in [-0.2, 0) is 13.5 Å². The Morgan fingerprint density at radius 2 is 1.89 bits per heavy atom. The lowest BCUT2D eigenvalue weighted by Crippen LogP contribution is -2.07. The molecule has 3 heterocycles. The summed E-state index contributed by atoms with van der Waals surface area (Å²) < 4.78 is 21.4. The SMILES string of the molecule is Cc1ccc(F)c(-n2nnc(CCOc3nnc(-c4ccncc4)n3C)n2)c1. The van der Waals surface area contributed by atoms with Crippen LogP contribution >= 0.6 is 0 Å². The van der Waals surface area contributed by atoms with Crippen LogP contribution in [0.1, 0.15) is 11.4 Å². The quantitative estimate of drug-likeness (QED) is 0.504. The first-order valence-electron chi connectivity index (χ1n) is 8.60. The molecule has 142 valence electrons. The summed E-state index contributed by atoms with van der Waals surface area (Å²) in [5.41, 5.74) is 2.06. The zero-order valence-electron chi connectivity index (χ0n) is 15.3. The molecule has 0 aliphatic rings. The smallest absolute Gasteiger partial charge is 0.316 e. The minimum atomic E-state index is -0.409. The molecule has 0 aliphatic heterocycles. The van der Waals surface area contributed by atoms with E-state index in [-0.39, 0.29) is 12.3 Å². The van der Waals surface area contributed by atoms with Crippen molar-refractivity contribution >= 4 is 0 Å². The van der Waals surface area contributed by atoms with Gasteiger partial charge in [0.2, 0.25) is 0 Å². The molecule has 0 atom stereocenters. The van der Waals surface area contributed by atoms with E-state index in [4.69, 9.17) is 4.74 Å². The third kappa shape index (κ3) is 3.56. The number of hydrogen-bond donors (Lipinski definition) is 0. The predicted octanol–water partition coefficient (Wildman–Crippen LogP) is 1.92. The van der Waals surface area contributed by atoms with Crippen LogP contribution in [0.25, 0.3) is 17.1 Å². The maximum absolute atomic E-state index is 13.9. The van der Waals surface area contributed by atoms with Gasteiger partial charge in [-0.15, -0.1) is 20.1 Å². The fourth-order valence-corrected chi connectivity index (χ4v) is 2.65. The first kappa shape index (κ1) is 17.7. The van der Waals surface area contributed by atoms with Crippen molar-refractivity contribution in [3.63, 3.8) is 0 Å². The molecule has 3 aromatic heterocycles. The molecule has 0 saturated carbocycles. The Kier molecular flexibility index (Phi) is 4.75. The van der Waals surface area contributed by atoms with Crippen molar-refractivity contribution in [2.45, 2.75) is 13.3 Å². The lowest BCUT2D eigenvalue weighted by atomic mass is 10.2. The average molecular weight is 380 g/mol. The Morgan fingerprint density at radius 1 is 1.07 bits per heavy atom. The van der Waals surface area contributed by atoms with Gasteiger partial charge < -0.3 is 4.74 Å². The molecule has 0 radical (unpaired) electrons. The van der Waals surface area contributed by atoms with Gasteiger partial charge in [-0.05, 0) is 42.0 Å². The van der Waals surface area contributed by atoms with E-state index in [0.717, 1.165) is 11.1 Å². The number of ether oxygens (including phenoxy) is 1. The van der Waals surface area contributed by atoms with Gasteiger partial charge in [-0.1, -0.05) is 11.2 Å². The highest BCUT2D eigenvalue weighted by Gasteiger charge is 2.13. The van der Waals surface area contributed by atoms with Gasteiger partial charge in [0.05, 0.1) is 6.61 Å². The average Bonchev–Trinajstić information content (AvgIpc) is 3.32. The molecule has 0 amide bonds. The van der Waals surface area contributed by atoms with Gasteiger partial charge in [0.25, 0.3) is 0 Å². The number of aromatic nitrogens is 8. The number of rotatable bonds is 6. The number of hydrogen-bond acceptors (Lipinski definition) is 7. The van der Waals surface area contributed by atoms with Crippen LogP contribution < -0.4 is 4.74 Å². The van der Waals surface area contributed by atoms with E-state index in [0.29, 0.717) is 24.1 Å². The molecule has 0 unspecified atom stereocenters. The molecule has 0 fully saturated rings. The minimum absolute atomic E-state index is 0.259. The van der Waals surface area contributed by atoms with Gasteiger partial charge in [0, 0.05) is 31.4 Å². The normalized spacial score (nSPS) is 11.0. The van der Waals surface area contributed by atoms with Crippen molar-refractivity contribution in [2.75, 3.05) is 6.61 Å². The van der Waals surface area contributed by atoms with Crippen LogP contribution in [0, 0.1) is 12.7 Å². The van der Waals surface area contributed by atoms with Gasteiger partial charge in [0.15, 0.2) is 17.5 Å². The minimum Gasteiger partial charge on any atom is -0.463 e. The summed E-state index contributed by atoms with van der Waals surface area (Å²) in [5, 5.41) is 20.3. The summed E-state index contributed by atoms with van der Waals surface area (Å²) in [7, 11) is 1.82. The molecular weight excluding hydrogens is 363 g/mol. The van der Waals surface area contributed by atoms with Crippen LogP contribution in [0.2, 0.25) is 0 Å². The Labute approximate surface area is 159 Å². The highest BCUT2D eigenvalue weighted by molar-refractivity contribution is 5.54. The first-order valence-corrected chi connectivity index (χ1v) is 8.60. The second kappa shape index (κ2) is 7.51. The van der Waals surface area contributed by atoms with Gasteiger partial charge in [-0.3, -0.25) is 9.55 Å². The number of pyridine rings is 1. The molecule has 9 nitrogen and oxygen atoms in total. The lowest BCUT2D eigenvalue weighted by molar-refractivity contribution is 0.283.